The third-order valence-corrected chi connectivity index (χ3v) is 3.98. The Morgan fingerprint density at radius 3 is 1.62 bits per heavy atom. The van der Waals surface area contributed by atoms with Gasteiger partial charge in [-0.1, -0.05) is 41.5 Å². The summed E-state index contributed by atoms with van der Waals surface area (Å²) in [7, 11) is 0. The molecule has 0 unspecified atom stereocenters. The van der Waals surface area contributed by atoms with Crippen molar-refractivity contribution in [3.63, 3.8) is 0 Å². The fourth-order valence-corrected chi connectivity index (χ4v) is 2.66. The van der Waals surface area contributed by atoms with Crippen LogP contribution in [0, 0.1) is 10.8 Å². The molecule has 0 saturated carbocycles. The van der Waals surface area contributed by atoms with E-state index < -0.39 is 5.97 Å². The second-order valence-corrected chi connectivity index (χ2v) is 10.2. The zero-order valence-electron chi connectivity index (χ0n) is 22.9. The molecule has 0 saturated heterocycles. The summed E-state index contributed by atoms with van der Waals surface area (Å²) >= 11 is 0. The summed E-state index contributed by atoms with van der Waals surface area (Å²) < 4.78 is 14.4. The quantitative estimate of drug-likeness (QED) is 0.182. The maximum absolute atomic E-state index is 12.1. The highest BCUT2D eigenvalue weighted by Gasteiger charge is 2.24. The van der Waals surface area contributed by atoms with Crippen molar-refractivity contribution in [2.45, 2.75) is 81.6 Å². The van der Waals surface area contributed by atoms with Crippen molar-refractivity contribution in [1.82, 2.24) is 10.2 Å². The molecule has 9 heteroatoms. The van der Waals surface area contributed by atoms with Gasteiger partial charge in [-0.3, -0.25) is 19.2 Å². The van der Waals surface area contributed by atoms with Gasteiger partial charge >= 0.3 is 17.9 Å². The van der Waals surface area contributed by atoms with Gasteiger partial charge in [0.05, 0.1) is 32.7 Å². The number of hydrogen-bond donors (Lipinski definition) is 1. The molecule has 0 heterocycles. The van der Waals surface area contributed by atoms with E-state index in [-0.39, 0.29) is 54.7 Å². The van der Waals surface area contributed by atoms with Crippen molar-refractivity contribution in [2.24, 2.45) is 10.8 Å². The van der Waals surface area contributed by atoms with Crippen LogP contribution in [-0.4, -0.2) is 74.7 Å². The second-order valence-electron chi connectivity index (χ2n) is 10.2. The summed E-state index contributed by atoms with van der Waals surface area (Å²) in [6.07, 6.45) is 0.287. The van der Waals surface area contributed by atoms with Gasteiger partial charge < -0.3 is 24.4 Å². The van der Waals surface area contributed by atoms with E-state index in [0.717, 1.165) is 6.54 Å². The van der Waals surface area contributed by atoms with Crippen LogP contribution in [0.2, 0.25) is 0 Å². The molecule has 0 aromatic rings. The van der Waals surface area contributed by atoms with Gasteiger partial charge in [0.25, 0.3) is 0 Å². The van der Waals surface area contributed by atoms with Crippen LogP contribution in [0.1, 0.15) is 81.6 Å². The highest BCUT2D eigenvalue weighted by molar-refractivity contribution is 5.94. The molecule has 1 amide bonds. The summed E-state index contributed by atoms with van der Waals surface area (Å²) in [4.78, 5) is 47.4. The number of carbonyl (C=O) groups excluding carboxylic acids is 4. The van der Waals surface area contributed by atoms with Crippen molar-refractivity contribution < 1.29 is 33.4 Å². The van der Waals surface area contributed by atoms with Crippen molar-refractivity contribution in [2.75, 3.05) is 46.0 Å². The molecule has 0 spiro atoms. The van der Waals surface area contributed by atoms with E-state index >= 15 is 0 Å². The zero-order valence-corrected chi connectivity index (χ0v) is 22.9. The van der Waals surface area contributed by atoms with Crippen LogP contribution in [0.25, 0.3) is 0 Å². The summed E-state index contributed by atoms with van der Waals surface area (Å²) in [5, 5.41) is 3.21. The molecule has 0 atom stereocenters. The molecule has 0 fully saturated rings. The minimum Gasteiger partial charge on any atom is -0.466 e. The predicted octanol–water partition coefficient (Wildman–Crippen LogP) is 3.34. The molecular weight excluding hydrogens is 440 g/mol. The van der Waals surface area contributed by atoms with Crippen LogP contribution in [-0.2, 0) is 33.4 Å². The molecule has 0 rings (SSSR count). The van der Waals surface area contributed by atoms with E-state index in [2.05, 4.69) is 26.1 Å². The van der Waals surface area contributed by atoms with E-state index in [4.69, 9.17) is 14.2 Å². The number of carbonyl (C=O) groups is 4. The van der Waals surface area contributed by atoms with Crippen molar-refractivity contribution in [3.8, 4) is 0 Å². The van der Waals surface area contributed by atoms with Crippen LogP contribution in [0.15, 0.2) is 0 Å². The highest BCUT2D eigenvalue weighted by atomic mass is 16.5. The Labute approximate surface area is 206 Å². The monoisotopic (exact) mass is 488 g/mol. The Balaban J connectivity index is 0. The molecule has 0 aliphatic rings. The molecule has 0 aliphatic carbocycles. The first kappa shape index (κ1) is 34.0. The Kier molecular flexibility index (Phi) is 18.2. The lowest BCUT2D eigenvalue weighted by Crippen LogP contribution is -2.40. The Hall–Kier alpha value is -2.16. The van der Waals surface area contributed by atoms with Crippen LogP contribution in [0.5, 0.6) is 0 Å². The summed E-state index contributed by atoms with van der Waals surface area (Å²) in [6, 6.07) is 0. The second kappa shape index (κ2) is 18.2. The summed E-state index contributed by atoms with van der Waals surface area (Å²) in [6.45, 7) is 21.0. The molecule has 0 aliphatic heterocycles. The average molecular weight is 489 g/mol. The lowest BCUT2D eigenvalue weighted by Gasteiger charge is -2.29. The molecular formula is C25H48N2O7. The summed E-state index contributed by atoms with van der Waals surface area (Å²) in [5.74, 6) is -1.34. The Morgan fingerprint density at radius 1 is 0.706 bits per heavy atom. The van der Waals surface area contributed by atoms with E-state index in [0.29, 0.717) is 32.7 Å². The standard InChI is InChI=1S/C15H27NO5.C10H21NO2/c1-6-20-13(18)8-9-16(11-15(3,4)5)12(17)10-14(19)21-7-2;1-5-13-9(12)6-7-11-8-10(2,3)4/h6-11H2,1-5H3;11H,5-8H2,1-4H3. The molecule has 34 heavy (non-hydrogen) atoms. The minimum absolute atomic E-state index is 0.121. The number of rotatable bonds is 13. The van der Waals surface area contributed by atoms with Gasteiger partial charge in [0, 0.05) is 26.2 Å². The van der Waals surface area contributed by atoms with Gasteiger partial charge in [0.1, 0.15) is 6.42 Å². The van der Waals surface area contributed by atoms with Crippen LogP contribution in [0.4, 0.5) is 0 Å². The molecule has 0 radical (unpaired) electrons. The SMILES string of the molecule is CCOC(=O)CCN(CC(C)(C)C)C(=O)CC(=O)OCC.CCOC(=O)CCNCC(C)(C)C. The number of amides is 1. The van der Waals surface area contributed by atoms with E-state index in [1.54, 1.807) is 13.8 Å². The third kappa shape index (κ3) is 23.0. The maximum atomic E-state index is 12.1. The van der Waals surface area contributed by atoms with Gasteiger partial charge in [0.15, 0.2) is 0 Å². The van der Waals surface area contributed by atoms with Crippen molar-refractivity contribution >= 4 is 23.8 Å². The normalized spacial score (nSPS) is 11.1. The van der Waals surface area contributed by atoms with Crippen molar-refractivity contribution in [3.05, 3.63) is 0 Å². The first-order chi connectivity index (χ1) is 15.6. The molecule has 0 aromatic heterocycles. The number of esters is 3. The van der Waals surface area contributed by atoms with Crippen LogP contribution in [0.3, 0.4) is 0 Å². The highest BCUT2D eigenvalue weighted by Crippen LogP contribution is 2.16. The maximum Gasteiger partial charge on any atom is 0.315 e. The summed E-state index contributed by atoms with van der Waals surface area (Å²) in [5.41, 5.74) is 0.146. The van der Waals surface area contributed by atoms with Crippen molar-refractivity contribution in [1.29, 1.82) is 0 Å². The van der Waals surface area contributed by atoms with E-state index in [1.807, 2.05) is 27.7 Å². The Bertz CT molecular complexity index is 607. The van der Waals surface area contributed by atoms with Gasteiger partial charge in [0.2, 0.25) is 5.91 Å². The smallest absolute Gasteiger partial charge is 0.315 e. The zero-order chi connectivity index (χ0) is 26.8. The van der Waals surface area contributed by atoms with Crippen LogP contribution < -0.4 is 5.32 Å². The molecule has 200 valence electrons. The van der Waals surface area contributed by atoms with Gasteiger partial charge in [-0.15, -0.1) is 0 Å². The topological polar surface area (TPSA) is 111 Å². The van der Waals surface area contributed by atoms with E-state index in [1.165, 1.54) is 4.90 Å². The van der Waals surface area contributed by atoms with Gasteiger partial charge in [-0.2, -0.15) is 0 Å². The Morgan fingerprint density at radius 2 is 1.18 bits per heavy atom. The number of nitrogens with zero attached hydrogens (tertiary/aromatic N) is 1. The fraction of sp³-hybridized carbons (Fsp3) is 0.840. The lowest BCUT2D eigenvalue weighted by atomic mass is 9.96. The van der Waals surface area contributed by atoms with Gasteiger partial charge in [-0.05, 0) is 31.6 Å². The largest absolute Gasteiger partial charge is 0.466 e. The molecule has 0 bridgehead atoms. The van der Waals surface area contributed by atoms with Crippen LogP contribution >= 0.6 is 0 Å². The predicted molar refractivity (Wildman–Crippen MR) is 132 cm³/mol. The average Bonchev–Trinajstić information content (AvgIpc) is 2.68. The third-order valence-electron chi connectivity index (χ3n) is 3.98. The van der Waals surface area contributed by atoms with Gasteiger partial charge in [-0.25, -0.2) is 0 Å². The lowest BCUT2D eigenvalue weighted by molar-refractivity contribution is -0.149. The number of nitrogens with one attached hydrogen (secondary N) is 1. The number of ether oxygens (including phenoxy) is 3. The van der Waals surface area contributed by atoms with E-state index in [9.17, 15) is 19.2 Å². The first-order valence-corrected chi connectivity index (χ1v) is 12.1. The molecule has 9 nitrogen and oxygen atoms in total. The fourth-order valence-electron chi connectivity index (χ4n) is 2.66. The first-order valence-electron chi connectivity index (χ1n) is 12.1. The molecule has 0 aromatic carbocycles. The minimum atomic E-state index is -0.544. The number of hydrogen-bond acceptors (Lipinski definition) is 8. The molecule has 1 N–H and O–H groups in total.